The van der Waals surface area contributed by atoms with Crippen molar-refractivity contribution in [2.24, 2.45) is 0 Å². The number of ether oxygens (including phenoxy) is 2. The van der Waals surface area contributed by atoms with Crippen LogP contribution in [0.15, 0.2) is 0 Å². The second kappa shape index (κ2) is 17.7. The normalized spacial score (nSPS) is 13.0. The van der Waals surface area contributed by atoms with Gasteiger partial charge in [0.25, 0.3) is 0 Å². The van der Waals surface area contributed by atoms with Crippen LogP contribution in [-0.4, -0.2) is 54.7 Å². The van der Waals surface area contributed by atoms with Gasteiger partial charge in [0.1, 0.15) is 12.2 Å². The number of carbonyl (C=O) groups excluding carboxylic acids is 2. The maximum absolute atomic E-state index is 10.7. The Kier molecular flexibility index (Phi) is 19.7. The molecular formula is C15H30O4S3. The van der Waals surface area contributed by atoms with E-state index in [0.29, 0.717) is 13.2 Å². The Morgan fingerprint density at radius 2 is 1.45 bits per heavy atom. The molecule has 7 heteroatoms. The number of rotatable bonds is 12. The fourth-order valence-electron chi connectivity index (χ4n) is 1.02. The Hall–Kier alpha value is 0.310. The van der Waals surface area contributed by atoms with Crippen molar-refractivity contribution in [1.29, 1.82) is 0 Å². The molecule has 0 bridgehead atoms. The van der Waals surface area contributed by atoms with Crippen LogP contribution in [0, 0.1) is 0 Å². The van der Waals surface area contributed by atoms with Crippen LogP contribution < -0.4 is 0 Å². The van der Waals surface area contributed by atoms with E-state index in [1.54, 1.807) is 31.6 Å². The zero-order valence-corrected chi connectivity index (χ0v) is 16.8. The highest BCUT2D eigenvalue weighted by molar-refractivity contribution is 8.76. The first-order valence-electron chi connectivity index (χ1n) is 7.37. The molecule has 0 spiro atoms. The van der Waals surface area contributed by atoms with Crippen LogP contribution in [0.25, 0.3) is 0 Å². The summed E-state index contributed by atoms with van der Waals surface area (Å²) in [5.74, 6) is 2.09. The average Bonchev–Trinajstić information content (AvgIpc) is 2.47. The van der Waals surface area contributed by atoms with E-state index in [-0.39, 0.29) is 23.8 Å². The van der Waals surface area contributed by atoms with Gasteiger partial charge in [0, 0.05) is 19.0 Å². The van der Waals surface area contributed by atoms with Crippen molar-refractivity contribution in [2.75, 3.05) is 31.0 Å². The van der Waals surface area contributed by atoms with Gasteiger partial charge in [0.15, 0.2) is 11.6 Å². The number of hydrogen-bond acceptors (Lipinski definition) is 7. The number of ketones is 2. The van der Waals surface area contributed by atoms with Crippen molar-refractivity contribution in [3.8, 4) is 0 Å². The first-order valence-corrected chi connectivity index (χ1v) is 10.7. The highest BCUT2D eigenvalue weighted by Gasteiger charge is 2.06. The molecule has 0 aliphatic heterocycles. The van der Waals surface area contributed by atoms with Gasteiger partial charge in [-0.05, 0) is 52.5 Å². The summed E-state index contributed by atoms with van der Waals surface area (Å²) in [7, 11) is 3.58. The van der Waals surface area contributed by atoms with Crippen molar-refractivity contribution in [1.82, 2.24) is 0 Å². The van der Waals surface area contributed by atoms with E-state index in [1.807, 2.05) is 10.8 Å². The van der Waals surface area contributed by atoms with Gasteiger partial charge < -0.3 is 9.47 Å². The average molecular weight is 371 g/mol. The second-order valence-electron chi connectivity index (χ2n) is 4.67. The summed E-state index contributed by atoms with van der Waals surface area (Å²) < 4.78 is 10.4. The Labute approximate surface area is 148 Å². The highest BCUT2D eigenvalue weighted by Crippen LogP contribution is 2.17. The van der Waals surface area contributed by atoms with Gasteiger partial charge >= 0.3 is 0 Å². The van der Waals surface area contributed by atoms with E-state index < -0.39 is 0 Å². The van der Waals surface area contributed by atoms with Crippen molar-refractivity contribution >= 4 is 45.8 Å². The monoisotopic (exact) mass is 370 g/mol. The summed E-state index contributed by atoms with van der Waals surface area (Å²) in [6.45, 7) is 7.97. The molecule has 0 N–H and O–H groups in total. The van der Waals surface area contributed by atoms with Crippen molar-refractivity contribution in [3.05, 3.63) is 0 Å². The van der Waals surface area contributed by atoms with Crippen LogP contribution in [0.5, 0.6) is 0 Å². The molecule has 4 nitrogen and oxygen atoms in total. The summed E-state index contributed by atoms with van der Waals surface area (Å²) in [5, 5.41) is 0. The minimum atomic E-state index is -0.250. The van der Waals surface area contributed by atoms with Gasteiger partial charge in [-0.25, -0.2) is 0 Å². The van der Waals surface area contributed by atoms with Crippen LogP contribution >= 0.6 is 34.2 Å². The third kappa shape index (κ3) is 18.4. The maximum Gasteiger partial charge on any atom is 0.158 e. The van der Waals surface area contributed by atoms with Gasteiger partial charge in [0.2, 0.25) is 0 Å². The fourth-order valence-corrected chi connectivity index (χ4v) is 2.41. The molecule has 0 aromatic carbocycles. The lowest BCUT2D eigenvalue weighted by Crippen LogP contribution is -2.18. The van der Waals surface area contributed by atoms with E-state index in [9.17, 15) is 9.59 Å². The lowest BCUT2D eigenvalue weighted by atomic mass is 10.3. The molecule has 0 saturated heterocycles. The molecule has 0 unspecified atom stereocenters. The molecule has 0 saturated carbocycles. The quantitative estimate of drug-likeness (QED) is 0.321. The third-order valence-electron chi connectivity index (χ3n) is 2.67. The van der Waals surface area contributed by atoms with E-state index in [4.69, 9.17) is 9.47 Å². The molecular weight excluding hydrogens is 340 g/mol. The van der Waals surface area contributed by atoms with Crippen LogP contribution in [0.3, 0.4) is 0 Å². The van der Waals surface area contributed by atoms with Crippen LogP contribution in [0.2, 0.25) is 0 Å². The Morgan fingerprint density at radius 3 is 1.82 bits per heavy atom. The Morgan fingerprint density at radius 1 is 1.00 bits per heavy atom. The molecule has 0 heterocycles. The summed E-state index contributed by atoms with van der Waals surface area (Å²) in [6, 6.07) is 0. The molecule has 0 amide bonds. The molecule has 0 aliphatic carbocycles. The summed E-state index contributed by atoms with van der Waals surface area (Å²) in [6.07, 6.45) is 3.50. The van der Waals surface area contributed by atoms with E-state index in [0.717, 1.165) is 24.3 Å². The Bertz CT molecular complexity index is 288. The van der Waals surface area contributed by atoms with Gasteiger partial charge in [0.05, 0.1) is 0 Å². The smallest absolute Gasteiger partial charge is 0.158 e. The molecule has 2 atom stereocenters. The Balaban J connectivity index is 0. The number of hydrogen-bond donors (Lipinski definition) is 1. The number of carbonyl (C=O) groups is 2. The van der Waals surface area contributed by atoms with Gasteiger partial charge in [-0.15, -0.1) is 0 Å². The minimum Gasteiger partial charge on any atom is -0.371 e. The van der Waals surface area contributed by atoms with Crippen molar-refractivity contribution in [3.63, 3.8) is 0 Å². The fraction of sp³-hybridized carbons (Fsp3) is 0.867. The third-order valence-corrected chi connectivity index (χ3v) is 4.89. The lowest BCUT2D eigenvalue weighted by Gasteiger charge is -2.08. The molecule has 0 rings (SSSR count). The van der Waals surface area contributed by atoms with E-state index in [2.05, 4.69) is 18.9 Å². The summed E-state index contributed by atoms with van der Waals surface area (Å²) >= 11 is 4.01. The predicted molar refractivity (Wildman–Crippen MR) is 101 cm³/mol. The zero-order valence-electron chi connectivity index (χ0n) is 14.3. The number of Topliss-reactive ketones (excluding diaryl/α,β-unsaturated/α-hetero) is 2. The van der Waals surface area contributed by atoms with Crippen LogP contribution in [0.1, 0.15) is 40.5 Å². The largest absolute Gasteiger partial charge is 0.371 e. The molecule has 0 fully saturated rings. The first kappa shape index (κ1) is 24.6. The van der Waals surface area contributed by atoms with Crippen LogP contribution in [-0.2, 0) is 19.1 Å². The van der Waals surface area contributed by atoms with Crippen LogP contribution in [0.4, 0.5) is 0 Å². The van der Waals surface area contributed by atoms with Gasteiger partial charge in [-0.1, -0.05) is 21.6 Å². The standard InChI is InChI=1S/C8H16O2S2.C7H14O2S/c1-7(9)8(2)10-5-4-6-12-11-3;1-6(8)7(2)9-4-3-5-10/h8H,4-6H2,1-3H3;7,10H,3-5H2,1-2H3/t8-;7-/m00/s1. The lowest BCUT2D eigenvalue weighted by molar-refractivity contribution is -0.127. The van der Waals surface area contributed by atoms with E-state index >= 15 is 0 Å². The topological polar surface area (TPSA) is 52.6 Å². The van der Waals surface area contributed by atoms with Crippen molar-refractivity contribution in [2.45, 2.75) is 52.7 Å². The van der Waals surface area contributed by atoms with Crippen molar-refractivity contribution < 1.29 is 19.1 Å². The second-order valence-corrected chi connectivity index (χ2v) is 7.80. The number of thiol groups is 1. The van der Waals surface area contributed by atoms with Gasteiger partial charge in [-0.3, -0.25) is 9.59 Å². The molecule has 0 aliphatic rings. The highest BCUT2D eigenvalue weighted by atomic mass is 33.1. The minimum absolute atomic E-state index is 0.0826. The summed E-state index contributed by atoms with van der Waals surface area (Å²) in [4.78, 5) is 21.3. The molecule has 22 heavy (non-hydrogen) atoms. The maximum atomic E-state index is 10.7. The van der Waals surface area contributed by atoms with Gasteiger partial charge in [-0.2, -0.15) is 12.6 Å². The molecule has 132 valence electrons. The first-order chi connectivity index (χ1) is 10.4. The molecule has 0 aromatic heterocycles. The summed E-state index contributed by atoms with van der Waals surface area (Å²) in [5.41, 5.74) is 0. The SMILES string of the molecule is CC(=O)[C@H](C)OCCCS.CSSCCCO[C@@H](C)C(C)=O. The van der Waals surface area contributed by atoms with E-state index in [1.165, 1.54) is 6.92 Å². The zero-order chi connectivity index (χ0) is 17.4. The molecule has 0 radical (unpaired) electrons. The molecule has 0 aromatic rings. The predicted octanol–water partition coefficient (Wildman–Crippen LogP) is 3.68.